The van der Waals surface area contributed by atoms with Crippen molar-refractivity contribution in [3.63, 3.8) is 0 Å². The smallest absolute Gasteiger partial charge is 0.0386 e. The van der Waals surface area contributed by atoms with Gasteiger partial charge in [0, 0.05) is 35.8 Å². The van der Waals surface area contributed by atoms with Crippen molar-refractivity contribution in [1.82, 2.24) is 10.2 Å². The van der Waals surface area contributed by atoms with Gasteiger partial charge in [0.1, 0.15) is 0 Å². The molecule has 1 heterocycles. The molecule has 20 heavy (non-hydrogen) atoms. The molecule has 1 aromatic rings. The number of halogens is 3. The number of rotatable bonds is 4. The largest absolute Gasteiger partial charge is 0.314 e. The molecule has 0 amide bonds. The molecule has 0 spiro atoms. The number of nitrogens with one attached hydrogen (secondary N) is 1. The lowest BCUT2D eigenvalue weighted by Gasteiger charge is -2.35. The number of nitrogens with zero attached hydrogens (tertiary/aromatic N) is 1. The molecule has 2 rings (SSSR count). The topological polar surface area (TPSA) is 15.3 Å². The number of benzene rings is 1. The highest BCUT2D eigenvalue weighted by Gasteiger charge is 2.21. The summed E-state index contributed by atoms with van der Waals surface area (Å²) in [6, 6.07) is 9.41. The molecule has 0 unspecified atom stereocenters. The Kier molecular flexibility index (Phi) is 10.1. The van der Waals surface area contributed by atoms with Gasteiger partial charge in [-0.05, 0) is 53.6 Å². The summed E-state index contributed by atoms with van der Waals surface area (Å²) >= 11 is 2.36. The van der Waals surface area contributed by atoms with Crippen LogP contribution in [0.4, 0.5) is 0 Å². The third-order valence-electron chi connectivity index (χ3n) is 3.39. The molecule has 1 saturated heterocycles. The molecule has 0 bridgehead atoms. The Morgan fingerprint density at radius 3 is 2.30 bits per heavy atom. The maximum absolute atomic E-state index is 4.09. The molecular weight excluding hydrogens is 406 g/mol. The fourth-order valence-corrected chi connectivity index (χ4v) is 2.83. The van der Waals surface area contributed by atoms with Crippen LogP contribution < -0.4 is 5.32 Å². The van der Waals surface area contributed by atoms with E-state index in [1.807, 2.05) is 0 Å². The minimum atomic E-state index is 0. The van der Waals surface area contributed by atoms with E-state index in [0.29, 0.717) is 6.04 Å². The second kappa shape index (κ2) is 10.0. The molecule has 0 aromatic heterocycles. The van der Waals surface area contributed by atoms with Crippen LogP contribution in [0.25, 0.3) is 0 Å². The molecule has 1 aliphatic rings. The van der Waals surface area contributed by atoms with Gasteiger partial charge in [0.15, 0.2) is 0 Å². The van der Waals surface area contributed by atoms with Gasteiger partial charge in [-0.3, -0.25) is 4.90 Å². The van der Waals surface area contributed by atoms with Crippen LogP contribution in [0.15, 0.2) is 36.4 Å². The van der Waals surface area contributed by atoms with Crippen LogP contribution in [0, 0.1) is 3.57 Å². The van der Waals surface area contributed by atoms with Crippen molar-refractivity contribution >= 4 is 47.4 Å². The average Bonchev–Trinajstić information content (AvgIpc) is 2.38. The van der Waals surface area contributed by atoms with Crippen LogP contribution in [-0.2, 0) is 0 Å². The van der Waals surface area contributed by atoms with E-state index in [4.69, 9.17) is 0 Å². The van der Waals surface area contributed by atoms with Crippen LogP contribution in [0.3, 0.4) is 0 Å². The number of hydrogen-bond donors (Lipinski definition) is 1. The van der Waals surface area contributed by atoms with Crippen molar-refractivity contribution in [3.8, 4) is 0 Å². The number of piperazine rings is 1. The van der Waals surface area contributed by atoms with Crippen LogP contribution >= 0.6 is 47.4 Å². The van der Waals surface area contributed by atoms with Crippen molar-refractivity contribution in [1.29, 1.82) is 0 Å². The SMILES string of the molecule is C=C(C)C[C@@H](c1ccc(I)cc1)N1CCNCC1.Cl.Cl. The van der Waals surface area contributed by atoms with Gasteiger partial charge in [0.2, 0.25) is 0 Å². The van der Waals surface area contributed by atoms with Gasteiger partial charge in [0.25, 0.3) is 0 Å². The van der Waals surface area contributed by atoms with E-state index in [-0.39, 0.29) is 24.8 Å². The molecule has 0 saturated carbocycles. The van der Waals surface area contributed by atoms with Gasteiger partial charge in [-0.25, -0.2) is 0 Å². The second-order valence-electron chi connectivity index (χ2n) is 5.01. The standard InChI is InChI=1S/C15H21IN2.2ClH/c1-12(2)11-15(18-9-7-17-8-10-18)13-3-5-14(16)6-4-13;;/h3-6,15,17H,1,7-11H2,2H3;2*1H/t15-;;/m0../s1. The summed E-state index contributed by atoms with van der Waals surface area (Å²) in [4.78, 5) is 2.58. The first-order chi connectivity index (χ1) is 8.66. The van der Waals surface area contributed by atoms with E-state index in [1.54, 1.807) is 0 Å². The van der Waals surface area contributed by atoms with Crippen molar-refractivity contribution < 1.29 is 0 Å². The van der Waals surface area contributed by atoms with Crippen molar-refractivity contribution in [2.45, 2.75) is 19.4 Å². The zero-order valence-electron chi connectivity index (χ0n) is 11.8. The quantitative estimate of drug-likeness (QED) is 0.574. The summed E-state index contributed by atoms with van der Waals surface area (Å²) in [5.41, 5.74) is 2.68. The lowest BCUT2D eigenvalue weighted by molar-refractivity contribution is 0.172. The predicted octanol–water partition coefficient (Wildman–Crippen LogP) is 4.05. The summed E-state index contributed by atoms with van der Waals surface area (Å²) in [5.74, 6) is 0. The summed E-state index contributed by atoms with van der Waals surface area (Å²) in [7, 11) is 0. The molecule has 0 aliphatic carbocycles. The highest BCUT2D eigenvalue weighted by molar-refractivity contribution is 14.1. The second-order valence-corrected chi connectivity index (χ2v) is 6.26. The molecule has 1 fully saturated rings. The minimum Gasteiger partial charge on any atom is -0.314 e. The lowest BCUT2D eigenvalue weighted by atomic mass is 9.98. The van der Waals surface area contributed by atoms with Gasteiger partial charge in [0.05, 0.1) is 0 Å². The van der Waals surface area contributed by atoms with Crippen LogP contribution in [0.5, 0.6) is 0 Å². The van der Waals surface area contributed by atoms with E-state index in [0.717, 1.165) is 32.6 Å². The Balaban J connectivity index is 0.00000180. The van der Waals surface area contributed by atoms with Gasteiger partial charge in [-0.15, -0.1) is 31.4 Å². The highest BCUT2D eigenvalue weighted by atomic mass is 127. The Hall–Kier alpha value is 0.190. The van der Waals surface area contributed by atoms with E-state index in [9.17, 15) is 0 Å². The summed E-state index contributed by atoms with van der Waals surface area (Å²) in [6.07, 6.45) is 1.06. The van der Waals surface area contributed by atoms with Crippen LogP contribution in [0.1, 0.15) is 24.9 Å². The summed E-state index contributed by atoms with van der Waals surface area (Å²) in [6.45, 7) is 10.7. The van der Waals surface area contributed by atoms with E-state index < -0.39 is 0 Å². The third kappa shape index (κ3) is 5.90. The normalized spacial score (nSPS) is 16.7. The van der Waals surface area contributed by atoms with E-state index in [2.05, 4.69) is 70.6 Å². The van der Waals surface area contributed by atoms with Crippen LogP contribution in [-0.4, -0.2) is 31.1 Å². The molecule has 1 atom stereocenters. The first-order valence-electron chi connectivity index (χ1n) is 6.51. The monoisotopic (exact) mass is 428 g/mol. The summed E-state index contributed by atoms with van der Waals surface area (Å²) in [5, 5.41) is 3.42. The molecule has 1 aromatic carbocycles. The molecule has 5 heteroatoms. The van der Waals surface area contributed by atoms with Gasteiger partial charge in [-0.1, -0.05) is 17.7 Å². The highest BCUT2D eigenvalue weighted by Crippen LogP contribution is 2.27. The number of hydrogen-bond acceptors (Lipinski definition) is 2. The Morgan fingerprint density at radius 1 is 1.25 bits per heavy atom. The zero-order chi connectivity index (χ0) is 13.0. The van der Waals surface area contributed by atoms with Gasteiger partial charge < -0.3 is 5.32 Å². The molecule has 0 radical (unpaired) electrons. The molecule has 114 valence electrons. The summed E-state index contributed by atoms with van der Waals surface area (Å²) < 4.78 is 1.30. The Morgan fingerprint density at radius 2 is 1.80 bits per heavy atom. The Labute approximate surface area is 148 Å². The average molecular weight is 429 g/mol. The van der Waals surface area contributed by atoms with Gasteiger partial charge >= 0.3 is 0 Å². The first kappa shape index (κ1) is 20.2. The maximum atomic E-state index is 4.09. The molecule has 1 aliphatic heterocycles. The molecule has 2 nitrogen and oxygen atoms in total. The third-order valence-corrected chi connectivity index (χ3v) is 4.11. The van der Waals surface area contributed by atoms with Crippen LogP contribution in [0.2, 0.25) is 0 Å². The van der Waals surface area contributed by atoms with Crippen molar-refractivity contribution in [2.24, 2.45) is 0 Å². The zero-order valence-corrected chi connectivity index (χ0v) is 15.6. The minimum absolute atomic E-state index is 0. The Bertz CT molecular complexity index is 403. The fraction of sp³-hybridized carbons (Fsp3) is 0.467. The maximum Gasteiger partial charge on any atom is 0.0386 e. The van der Waals surface area contributed by atoms with Crippen molar-refractivity contribution in [3.05, 3.63) is 45.6 Å². The molecule has 1 N–H and O–H groups in total. The molecular formula is C15H23Cl2IN2. The fourth-order valence-electron chi connectivity index (χ4n) is 2.47. The van der Waals surface area contributed by atoms with Crippen molar-refractivity contribution in [2.75, 3.05) is 26.2 Å². The van der Waals surface area contributed by atoms with E-state index in [1.165, 1.54) is 14.7 Å². The predicted molar refractivity (Wildman–Crippen MR) is 100 cm³/mol. The first-order valence-corrected chi connectivity index (χ1v) is 7.59. The van der Waals surface area contributed by atoms with E-state index >= 15 is 0 Å². The van der Waals surface area contributed by atoms with Gasteiger partial charge in [-0.2, -0.15) is 0 Å². The lowest BCUT2D eigenvalue weighted by Crippen LogP contribution is -2.45.